The molecular formula is C20H19F2N3O3. The van der Waals surface area contributed by atoms with E-state index in [4.69, 9.17) is 0 Å². The van der Waals surface area contributed by atoms with Crippen molar-refractivity contribution in [3.8, 4) is 0 Å². The fraction of sp³-hybridized carbons (Fsp3) is 0.250. The smallest absolute Gasteiger partial charge is 0.332 e. The summed E-state index contributed by atoms with van der Waals surface area (Å²) in [6, 6.07) is 9.76. The summed E-state index contributed by atoms with van der Waals surface area (Å²) in [6.07, 6.45) is 0. The molecule has 0 aromatic heterocycles. The second kappa shape index (κ2) is 7.75. The molecule has 0 spiro atoms. The van der Waals surface area contributed by atoms with Crippen molar-refractivity contribution in [1.82, 2.24) is 9.80 Å². The van der Waals surface area contributed by atoms with Gasteiger partial charge in [0.15, 0.2) is 0 Å². The number of rotatable bonds is 5. The van der Waals surface area contributed by atoms with Gasteiger partial charge in [-0.3, -0.25) is 19.4 Å². The van der Waals surface area contributed by atoms with Gasteiger partial charge in [-0.1, -0.05) is 18.2 Å². The third kappa shape index (κ3) is 3.71. The molecule has 8 heteroatoms. The maximum Gasteiger partial charge on any atom is 0.332 e. The molecule has 0 N–H and O–H groups in total. The molecule has 0 aliphatic carbocycles. The third-order valence-corrected chi connectivity index (χ3v) is 4.64. The van der Waals surface area contributed by atoms with E-state index < -0.39 is 42.1 Å². The Hall–Kier alpha value is -3.29. The van der Waals surface area contributed by atoms with Crippen LogP contribution in [0.1, 0.15) is 12.5 Å². The van der Waals surface area contributed by atoms with Gasteiger partial charge in [0.2, 0.25) is 5.91 Å². The van der Waals surface area contributed by atoms with Gasteiger partial charge in [0, 0.05) is 24.8 Å². The summed E-state index contributed by atoms with van der Waals surface area (Å²) in [6.45, 7) is 1.10. The standard InChI is InChI=1S/C20H19F2N3O3/c1-13-19(27)24(20(28)25(13)16-9-7-15(21)8-10-16)12-18(26)23(2)11-14-5-3-4-6-17(14)22/h3-10,13H,11-12H2,1-2H3. The van der Waals surface area contributed by atoms with Crippen LogP contribution in [0, 0.1) is 11.6 Å². The molecule has 1 unspecified atom stereocenters. The van der Waals surface area contributed by atoms with E-state index in [0.717, 1.165) is 4.90 Å². The van der Waals surface area contributed by atoms with Crippen molar-refractivity contribution in [3.63, 3.8) is 0 Å². The zero-order valence-corrected chi connectivity index (χ0v) is 15.4. The Morgan fingerprint density at radius 1 is 1.07 bits per heavy atom. The monoisotopic (exact) mass is 387 g/mol. The minimum absolute atomic E-state index is 0.0129. The first kappa shape index (κ1) is 19.5. The van der Waals surface area contributed by atoms with Gasteiger partial charge in [-0.2, -0.15) is 0 Å². The third-order valence-electron chi connectivity index (χ3n) is 4.64. The zero-order valence-electron chi connectivity index (χ0n) is 15.4. The first-order valence-corrected chi connectivity index (χ1v) is 8.67. The number of amides is 4. The quantitative estimate of drug-likeness (QED) is 0.742. The predicted octanol–water partition coefficient (Wildman–Crippen LogP) is 2.78. The molecule has 0 radical (unpaired) electrons. The van der Waals surface area contributed by atoms with Crippen LogP contribution in [-0.2, 0) is 16.1 Å². The Bertz CT molecular complexity index is 917. The average Bonchev–Trinajstić information content (AvgIpc) is 2.88. The number of likely N-dealkylation sites (N-methyl/N-ethyl adjacent to an activating group) is 1. The first-order valence-electron chi connectivity index (χ1n) is 8.67. The average molecular weight is 387 g/mol. The molecule has 1 aliphatic rings. The van der Waals surface area contributed by atoms with Gasteiger partial charge in [0.25, 0.3) is 5.91 Å². The molecule has 2 aromatic rings. The number of imide groups is 1. The normalized spacial score (nSPS) is 16.6. The van der Waals surface area contributed by atoms with E-state index in [2.05, 4.69) is 0 Å². The largest absolute Gasteiger partial charge is 0.340 e. The van der Waals surface area contributed by atoms with E-state index >= 15 is 0 Å². The topological polar surface area (TPSA) is 60.9 Å². The molecule has 1 saturated heterocycles. The number of urea groups is 1. The van der Waals surface area contributed by atoms with Crippen molar-refractivity contribution >= 4 is 23.5 Å². The number of carbonyl (C=O) groups excluding carboxylic acids is 3. The van der Waals surface area contributed by atoms with E-state index in [1.807, 2.05) is 0 Å². The van der Waals surface area contributed by atoms with Crippen LogP contribution < -0.4 is 4.90 Å². The minimum atomic E-state index is -0.817. The molecule has 1 fully saturated rings. The molecule has 0 bridgehead atoms. The van der Waals surface area contributed by atoms with Crippen molar-refractivity contribution in [2.75, 3.05) is 18.5 Å². The molecule has 3 rings (SSSR count). The second-order valence-electron chi connectivity index (χ2n) is 6.57. The number of carbonyl (C=O) groups is 3. The highest BCUT2D eigenvalue weighted by Crippen LogP contribution is 2.26. The van der Waals surface area contributed by atoms with E-state index in [1.54, 1.807) is 18.2 Å². The van der Waals surface area contributed by atoms with Gasteiger partial charge >= 0.3 is 6.03 Å². The molecule has 2 aromatic carbocycles. The predicted molar refractivity (Wildman–Crippen MR) is 98.3 cm³/mol. The van der Waals surface area contributed by atoms with Crippen LogP contribution in [-0.4, -0.2) is 47.3 Å². The Balaban J connectivity index is 1.72. The van der Waals surface area contributed by atoms with E-state index in [0.29, 0.717) is 11.3 Å². The highest BCUT2D eigenvalue weighted by Gasteiger charge is 2.44. The van der Waals surface area contributed by atoms with Crippen molar-refractivity contribution in [2.24, 2.45) is 0 Å². The molecule has 146 valence electrons. The van der Waals surface area contributed by atoms with Crippen LogP contribution in [0.3, 0.4) is 0 Å². The minimum Gasteiger partial charge on any atom is -0.340 e. The van der Waals surface area contributed by atoms with Crippen molar-refractivity contribution < 1.29 is 23.2 Å². The van der Waals surface area contributed by atoms with Crippen LogP contribution in [0.5, 0.6) is 0 Å². The van der Waals surface area contributed by atoms with Crippen molar-refractivity contribution in [1.29, 1.82) is 0 Å². The van der Waals surface area contributed by atoms with Crippen LogP contribution in [0.15, 0.2) is 48.5 Å². The number of hydrogen-bond acceptors (Lipinski definition) is 3. The number of hydrogen-bond donors (Lipinski definition) is 0. The Morgan fingerprint density at radius 3 is 2.36 bits per heavy atom. The van der Waals surface area contributed by atoms with Gasteiger partial charge in [-0.15, -0.1) is 0 Å². The summed E-state index contributed by atoms with van der Waals surface area (Å²) in [5.41, 5.74) is 0.695. The first-order chi connectivity index (χ1) is 13.3. The Labute approximate surface area is 160 Å². The highest BCUT2D eigenvalue weighted by atomic mass is 19.1. The maximum atomic E-state index is 13.8. The molecule has 1 atom stereocenters. The lowest BCUT2D eigenvalue weighted by atomic mass is 10.2. The van der Waals surface area contributed by atoms with Crippen molar-refractivity contribution in [2.45, 2.75) is 19.5 Å². The van der Waals surface area contributed by atoms with Crippen LogP contribution in [0.25, 0.3) is 0 Å². The number of anilines is 1. The lowest BCUT2D eigenvalue weighted by molar-refractivity contribution is -0.136. The van der Waals surface area contributed by atoms with E-state index in [1.165, 1.54) is 54.1 Å². The van der Waals surface area contributed by atoms with Gasteiger partial charge in [-0.25, -0.2) is 13.6 Å². The van der Waals surface area contributed by atoms with Crippen molar-refractivity contribution in [3.05, 3.63) is 65.7 Å². The van der Waals surface area contributed by atoms with Crippen LogP contribution in [0.2, 0.25) is 0 Å². The summed E-state index contributed by atoms with van der Waals surface area (Å²) in [7, 11) is 1.47. The molecule has 6 nitrogen and oxygen atoms in total. The van der Waals surface area contributed by atoms with Gasteiger partial charge < -0.3 is 4.90 Å². The highest BCUT2D eigenvalue weighted by molar-refractivity contribution is 6.15. The summed E-state index contributed by atoms with van der Waals surface area (Å²) in [5, 5.41) is 0. The Kier molecular flexibility index (Phi) is 5.39. The van der Waals surface area contributed by atoms with Gasteiger partial charge in [-0.05, 0) is 37.3 Å². The zero-order chi connectivity index (χ0) is 20.4. The maximum absolute atomic E-state index is 13.8. The SMILES string of the molecule is CC1C(=O)N(CC(=O)N(C)Cc2ccccc2F)C(=O)N1c1ccc(F)cc1. The summed E-state index contributed by atoms with van der Waals surface area (Å²) in [4.78, 5) is 41.0. The van der Waals surface area contributed by atoms with E-state index in [-0.39, 0.29) is 6.54 Å². The molecule has 1 heterocycles. The van der Waals surface area contributed by atoms with Crippen LogP contribution in [0.4, 0.5) is 19.3 Å². The number of benzene rings is 2. The summed E-state index contributed by atoms with van der Waals surface area (Å²) in [5.74, 6) is -1.93. The van der Waals surface area contributed by atoms with Crippen LogP contribution >= 0.6 is 0 Å². The fourth-order valence-corrected chi connectivity index (χ4v) is 3.03. The molecule has 1 aliphatic heterocycles. The summed E-state index contributed by atoms with van der Waals surface area (Å²) < 4.78 is 26.9. The Morgan fingerprint density at radius 2 is 1.71 bits per heavy atom. The van der Waals surface area contributed by atoms with Gasteiger partial charge in [0.05, 0.1) is 0 Å². The molecular weight excluding hydrogens is 368 g/mol. The molecule has 0 saturated carbocycles. The number of nitrogens with zero attached hydrogens (tertiary/aromatic N) is 3. The molecule has 28 heavy (non-hydrogen) atoms. The van der Waals surface area contributed by atoms with Gasteiger partial charge in [0.1, 0.15) is 24.2 Å². The lowest BCUT2D eigenvalue weighted by Crippen LogP contribution is -2.42. The number of halogens is 2. The molecule has 4 amide bonds. The van der Waals surface area contributed by atoms with E-state index in [9.17, 15) is 23.2 Å². The summed E-state index contributed by atoms with van der Waals surface area (Å²) >= 11 is 0. The fourth-order valence-electron chi connectivity index (χ4n) is 3.03. The lowest BCUT2D eigenvalue weighted by Gasteiger charge is -2.21. The second-order valence-corrected chi connectivity index (χ2v) is 6.57.